The van der Waals surface area contributed by atoms with Crippen LogP contribution in [0.25, 0.3) is 0 Å². The molecule has 0 aromatic carbocycles. The Labute approximate surface area is 289 Å². The molecule has 0 bridgehead atoms. The lowest BCUT2D eigenvalue weighted by molar-refractivity contribution is -0.137. The van der Waals surface area contributed by atoms with Gasteiger partial charge in [-0.2, -0.15) is 0 Å². The van der Waals surface area contributed by atoms with Gasteiger partial charge >= 0.3 is 12.1 Å². The van der Waals surface area contributed by atoms with Crippen LogP contribution in [-0.4, -0.2) is 87.8 Å². The zero-order valence-corrected chi connectivity index (χ0v) is 32.1. The Bertz CT molecular complexity index is 889. The topological polar surface area (TPSA) is 252 Å². The fraction of sp³-hybridized carbons (Fsp3) is 0.818. The molecule has 6 atom stereocenters. The maximum Gasteiger partial charge on any atom is 0.407 e. The van der Waals surface area contributed by atoms with Crippen molar-refractivity contribution in [1.29, 1.82) is 0 Å². The highest BCUT2D eigenvalue weighted by molar-refractivity contribution is 5.78. The minimum atomic E-state index is -0.950. The molecule has 0 spiro atoms. The van der Waals surface area contributed by atoms with Crippen molar-refractivity contribution in [3.8, 4) is 0 Å². The van der Waals surface area contributed by atoms with Crippen LogP contribution in [-0.2, 0) is 28.7 Å². The van der Waals surface area contributed by atoms with Crippen LogP contribution in [0.2, 0.25) is 0 Å². The van der Waals surface area contributed by atoms with Crippen molar-refractivity contribution >= 4 is 35.8 Å². The fourth-order valence-electron chi connectivity index (χ4n) is 2.66. The smallest absolute Gasteiger partial charge is 0.407 e. The Balaban J connectivity index is -0.000000171. The molecule has 15 nitrogen and oxygen atoms in total. The number of ether oxygens (including phenoxy) is 1. The molecule has 0 aliphatic carbocycles. The summed E-state index contributed by atoms with van der Waals surface area (Å²) in [5.41, 5.74) is 10.2. The van der Waals surface area contributed by atoms with Crippen molar-refractivity contribution in [1.82, 2.24) is 21.3 Å². The Morgan fingerprint density at radius 2 is 0.958 bits per heavy atom. The number of nitrogens with two attached hydrogens (primary N) is 2. The van der Waals surface area contributed by atoms with Crippen molar-refractivity contribution in [2.24, 2.45) is 11.5 Å². The van der Waals surface area contributed by atoms with E-state index in [9.17, 15) is 24.0 Å². The lowest BCUT2D eigenvalue weighted by Crippen LogP contribution is -2.38. The largest absolute Gasteiger partial charge is 0.481 e. The normalized spacial score (nSPS) is 13.7. The van der Waals surface area contributed by atoms with E-state index in [0.29, 0.717) is 18.9 Å². The summed E-state index contributed by atoms with van der Waals surface area (Å²) in [5.74, 6) is -1.85. The predicted octanol–water partition coefficient (Wildman–Crippen LogP) is 3.66. The molecule has 0 aromatic rings. The minimum absolute atomic E-state index is 0.0133. The monoisotopic (exact) mass is 695 g/mol. The van der Waals surface area contributed by atoms with Crippen molar-refractivity contribution in [3.05, 3.63) is 0 Å². The number of carbonyl (C=O) groups is 6. The van der Waals surface area contributed by atoms with E-state index >= 15 is 0 Å². The summed E-state index contributed by atoms with van der Waals surface area (Å²) in [7, 11) is 0. The number of aliphatic carboxylic acids is 2. The number of amides is 4. The van der Waals surface area contributed by atoms with Gasteiger partial charge in [0, 0.05) is 62.9 Å². The predicted molar refractivity (Wildman–Crippen MR) is 190 cm³/mol. The van der Waals surface area contributed by atoms with Gasteiger partial charge in [0.2, 0.25) is 17.7 Å². The number of carbonyl (C=O) groups excluding carboxylic acids is 4. The van der Waals surface area contributed by atoms with Crippen LogP contribution in [0.4, 0.5) is 4.79 Å². The van der Waals surface area contributed by atoms with Gasteiger partial charge in [0.25, 0.3) is 5.97 Å². The SMILES string of the molecule is CC(=O)O.CC(CC(=O)O)NC(=O)OC(C)(C)C.CCC(C)N.CCC(C)NC(=O)CC(C)N.CCC(C)NC(=O)CC(C)NC(C)=O. The molecule has 48 heavy (non-hydrogen) atoms. The van der Waals surface area contributed by atoms with Gasteiger partial charge in [0.15, 0.2) is 0 Å². The quantitative estimate of drug-likeness (QED) is 0.138. The van der Waals surface area contributed by atoms with Gasteiger partial charge in [-0.1, -0.05) is 20.8 Å². The third kappa shape index (κ3) is 58.1. The fourth-order valence-corrected chi connectivity index (χ4v) is 2.66. The summed E-state index contributed by atoms with van der Waals surface area (Å²) in [4.78, 5) is 63.5. The second-order valence-corrected chi connectivity index (χ2v) is 12.8. The molecular weight excluding hydrogens is 624 g/mol. The molecule has 15 heteroatoms. The van der Waals surface area contributed by atoms with E-state index in [0.717, 1.165) is 26.2 Å². The van der Waals surface area contributed by atoms with Gasteiger partial charge in [0.1, 0.15) is 5.60 Å². The van der Waals surface area contributed by atoms with E-state index in [2.05, 4.69) is 28.2 Å². The first-order valence-electron chi connectivity index (χ1n) is 16.5. The molecule has 0 saturated carbocycles. The molecule has 0 heterocycles. The first-order valence-corrected chi connectivity index (χ1v) is 16.5. The molecule has 0 aliphatic rings. The summed E-state index contributed by atoms with van der Waals surface area (Å²) in [5, 5.41) is 26.6. The lowest BCUT2D eigenvalue weighted by Gasteiger charge is -2.21. The molecular formula is C33H70N6O9. The molecule has 0 saturated heterocycles. The number of hydrogen-bond acceptors (Lipinski definition) is 9. The van der Waals surface area contributed by atoms with Crippen LogP contribution in [0.1, 0.15) is 135 Å². The first kappa shape index (κ1) is 54.0. The van der Waals surface area contributed by atoms with Crippen molar-refractivity contribution in [3.63, 3.8) is 0 Å². The molecule has 6 unspecified atom stereocenters. The van der Waals surface area contributed by atoms with Crippen LogP contribution in [0.5, 0.6) is 0 Å². The van der Waals surface area contributed by atoms with E-state index in [1.807, 2.05) is 48.5 Å². The minimum Gasteiger partial charge on any atom is -0.481 e. The highest BCUT2D eigenvalue weighted by atomic mass is 16.6. The van der Waals surface area contributed by atoms with Crippen molar-refractivity contribution in [2.75, 3.05) is 0 Å². The van der Waals surface area contributed by atoms with E-state index in [1.165, 1.54) is 6.92 Å². The van der Waals surface area contributed by atoms with Crippen LogP contribution in [0.3, 0.4) is 0 Å². The summed E-state index contributed by atoms with van der Waals surface area (Å²) in [6.07, 6.45) is 3.02. The lowest BCUT2D eigenvalue weighted by atomic mass is 10.2. The Morgan fingerprint density at radius 3 is 1.23 bits per heavy atom. The zero-order chi connectivity index (χ0) is 39.2. The van der Waals surface area contributed by atoms with E-state index in [1.54, 1.807) is 27.7 Å². The third-order valence-corrected chi connectivity index (χ3v) is 5.38. The maximum atomic E-state index is 11.3. The Morgan fingerprint density at radius 1 is 0.604 bits per heavy atom. The van der Waals surface area contributed by atoms with Crippen LogP contribution < -0.4 is 32.7 Å². The van der Waals surface area contributed by atoms with Gasteiger partial charge in [0.05, 0.1) is 6.42 Å². The van der Waals surface area contributed by atoms with Crippen LogP contribution in [0, 0.1) is 0 Å². The highest BCUT2D eigenvalue weighted by Crippen LogP contribution is 2.07. The van der Waals surface area contributed by atoms with Crippen LogP contribution >= 0.6 is 0 Å². The molecule has 4 amide bonds. The molecule has 10 N–H and O–H groups in total. The van der Waals surface area contributed by atoms with Gasteiger partial charge < -0.3 is 47.7 Å². The van der Waals surface area contributed by atoms with E-state index < -0.39 is 29.7 Å². The van der Waals surface area contributed by atoms with Gasteiger partial charge in [-0.3, -0.25) is 24.0 Å². The Kier molecular flexibility index (Phi) is 36.1. The summed E-state index contributed by atoms with van der Waals surface area (Å²) >= 11 is 0. The second-order valence-electron chi connectivity index (χ2n) is 12.8. The van der Waals surface area contributed by atoms with Gasteiger partial charge in [-0.15, -0.1) is 0 Å². The number of carboxylic acid groups (broad SMARTS) is 2. The molecule has 0 aliphatic heterocycles. The first-order chi connectivity index (χ1) is 21.7. The van der Waals surface area contributed by atoms with E-state index in [4.69, 9.17) is 31.2 Å². The van der Waals surface area contributed by atoms with Crippen molar-refractivity contribution in [2.45, 2.75) is 177 Å². The third-order valence-electron chi connectivity index (χ3n) is 5.38. The number of alkyl carbamates (subject to hydrolysis) is 1. The number of nitrogens with one attached hydrogen (secondary N) is 4. The van der Waals surface area contributed by atoms with Crippen LogP contribution in [0.15, 0.2) is 0 Å². The summed E-state index contributed by atoms with van der Waals surface area (Å²) in [6.45, 7) is 25.1. The number of carboxylic acids is 2. The Hall–Kier alpha value is -3.46. The van der Waals surface area contributed by atoms with Gasteiger partial charge in [-0.05, 0) is 81.6 Å². The maximum absolute atomic E-state index is 11.3. The molecule has 0 fully saturated rings. The number of rotatable bonds is 13. The summed E-state index contributed by atoms with van der Waals surface area (Å²) in [6, 6.07) is 0.279. The second kappa shape index (κ2) is 32.1. The average molecular weight is 695 g/mol. The standard InChI is InChI=1S/C10H20N2O2.C9H17NO4.C8H18N2O.C4H11N.C2H4O2/c1-5-7(2)12-10(14)6-8(3)11-9(4)13;1-6(5-7(11)12)10-8(13)14-9(2,3)4;1-4-7(3)10-8(11)5-6(2)9;1-3-4(2)5;1-2(3)4/h7-8H,5-6H2,1-4H3,(H,11,13)(H,12,14);6H,5H2,1-4H3,(H,10,13)(H,11,12);6-7H,4-5,9H2,1-3H3,(H,10,11);4H,3,5H2,1-2H3;1H3,(H,3,4). The molecule has 286 valence electrons. The molecule has 0 radical (unpaired) electrons. The van der Waals surface area contributed by atoms with Crippen molar-refractivity contribution < 1.29 is 43.7 Å². The average Bonchev–Trinajstić information content (AvgIpc) is 2.86. The zero-order valence-electron chi connectivity index (χ0n) is 32.1. The number of hydrogen-bond donors (Lipinski definition) is 8. The molecule has 0 rings (SSSR count). The summed E-state index contributed by atoms with van der Waals surface area (Å²) < 4.78 is 4.95. The van der Waals surface area contributed by atoms with Gasteiger partial charge in [-0.25, -0.2) is 4.79 Å². The molecule has 0 aromatic heterocycles. The van der Waals surface area contributed by atoms with E-state index in [-0.39, 0.29) is 48.3 Å². The highest BCUT2D eigenvalue weighted by Gasteiger charge is 2.18.